The van der Waals surface area contributed by atoms with Gasteiger partial charge in [-0.15, -0.1) is 0 Å². The zero-order chi connectivity index (χ0) is 14.7. The molecule has 0 atom stereocenters. The lowest BCUT2D eigenvalue weighted by atomic mass is 10.2. The Hall–Kier alpha value is -2.83. The van der Waals surface area contributed by atoms with Crippen LogP contribution in [-0.4, -0.2) is 16.2 Å². The van der Waals surface area contributed by atoms with Gasteiger partial charge in [0, 0.05) is 23.9 Å². The molecule has 0 radical (unpaired) electrons. The third-order valence-corrected chi connectivity index (χ3v) is 2.50. The van der Waals surface area contributed by atoms with Crippen molar-refractivity contribution in [2.75, 3.05) is 0 Å². The minimum Gasteiger partial charge on any atom is -0.502 e. The van der Waals surface area contributed by atoms with Crippen LogP contribution in [0.2, 0.25) is 0 Å². The van der Waals surface area contributed by atoms with Gasteiger partial charge < -0.3 is 5.11 Å². The molecule has 2 rings (SSSR count). The van der Waals surface area contributed by atoms with Crippen molar-refractivity contribution >= 4 is 17.6 Å². The molecule has 0 saturated heterocycles. The van der Waals surface area contributed by atoms with Crippen molar-refractivity contribution in [1.29, 1.82) is 0 Å². The summed E-state index contributed by atoms with van der Waals surface area (Å²) in [6.45, 7) is 0. The fraction of sp³-hybridized carbons (Fsp3) is 0. The zero-order valence-electron chi connectivity index (χ0n) is 9.96. The van der Waals surface area contributed by atoms with Crippen molar-refractivity contribution in [3.05, 3.63) is 63.7 Å². The molecule has 5 nitrogen and oxygen atoms in total. The second-order valence-corrected chi connectivity index (χ2v) is 3.83. The Bertz CT molecular complexity index is 702. The molecular weight excluding hydrogens is 270 g/mol. The summed E-state index contributed by atoms with van der Waals surface area (Å²) < 4.78 is 26.0. The number of aliphatic imine (C=N–C) groups is 1. The van der Waals surface area contributed by atoms with Crippen molar-refractivity contribution in [2.45, 2.75) is 0 Å². The molecule has 0 aromatic heterocycles. The fourth-order valence-corrected chi connectivity index (χ4v) is 1.53. The number of hydrogen-bond acceptors (Lipinski definition) is 4. The molecule has 0 amide bonds. The quantitative estimate of drug-likeness (QED) is 0.531. The molecule has 0 heterocycles. The molecule has 0 fully saturated rings. The van der Waals surface area contributed by atoms with Gasteiger partial charge in [0.2, 0.25) is 5.75 Å². The summed E-state index contributed by atoms with van der Waals surface area (Å²) in [5.41, 5.74) is -0.561. The Morgan fingerprint density at radius 1 is 1.25 bits per heavy atom. The molecule has 0 aliphatic heterocycles. The summed E-state index contributed by atoms with van der Waals surface area (Å²) in [6, 6.07) is 6.69. The van der Waals surface area contributed by atoms with Crippen molar-refractivity contribution in [1.82, 2.24) is 0 Å². The Morgan fingerprint density at radius 2 is 2.00 bits per heavy atom. The lowest BCUT2D eigenvalue weighted by Crippen LogP contribution is -1.91. The molecule has 0 aliphatic rings. The number of rotatable bonds is 3. The number of nitro groups is 1. The van der Waals surface area contributed by atoms with Crippen LogP contribution in [0.4, 0.5) is 20.2 Å². The molecule has 0 bridgehead atoms. The number of phenols is 1. The Labute approximate surface area is 112 Å². The Morgan fingerprint density at radius 3 is 2.65 bits per heavy atom. The molecule has 0 aliphatic carbocycles. The molecule has 0 spiro atoms. The van der Waals surface area contributed by atoms with Crippen molar-refractivity contribution in [3.8, 4) is 5.75 Å². The molecular formula is C13H8F2N2O3. The smallest absolute Gasteiger partial charge is 0.311 e. The highest BCUT2D eigenvalue weighted by molar-refractivity contribution is 5.87. The molecule has 1 N–H and O–H groups in total. The number of nitro benzene ring substituents is 1. The number of benzene rings is 2. The normalized spacial score (nSPS) is 10.9. The van der Waals surface area contributed by atoms with Gasteiger partial charge in [-0.2, -0.15) is 0 Å². The standard InChI is InChI=1S/C13H8F2N2O3/c14-9-4-5-11(10(15)6-9)16-7-8-2-1-3-12(13(8)18)17(19)20/h1-7,18H. The number of halogens is 2. The number of phenolic OH excluding ortho intramolecular Hbond substituents is 1. The summed E-state index contributed by atoms with van der Waals surface area (Å²) in [4.78, 5) is 13.6. The largest absolute Gasteiger partial charge is 0.502 e. The van der Waals surface area contributed by atoms with E-state index >= 15 is 0 Å². The first-order valence-corrected chi connectivity index (χ1v) is 5.44. The SMILES string of the molecule is O=[N+]([O-])c1cccc(C=Nc2ccc(F)cc2F)c1O. The lowest BCUT2D eigenvalue weighted by molar-refractivity contribution is -0.385. The maximum atomic E-state index is 13.3. The minimum atomic E-state index is -0.869. The molecule has 2 aromatic carbocycles. The highest BCUT2D eigenvalue weighted by Gasteiger charge is 2.15. The van der Waals surface area contributed by atoms with Crippen LogP contribution in [0.5, 0.6) is 5.75 Å². The number of para-hydroxylation sites is 1. The summed E-state index contributed by atoms with van der Waals surface area (Å²) >= 11 is 0. The van der Waals surface area contributed by atoms with Gasteiger partial charge in [-0.05, 0) is 18.2 Å². The Kier molecular flexibility index (Phi) is 3.69. The van der Waals surface area contributed by atoms with E-state index in [4.69, 9.17) is 0 Å². The first kappa shape index (κ1) is 13.6. The zero-order valence-corrected chi connectivity index (χ0v) is 9.96. The van der Waals surface area contributed by atoms with Gasteiger partial charge in [-0.25, -0.2) is 8.78 Å². The third-order valence-electron chi connectivity index (χ3n) is 2.50. The van der Waals surface area contributed by atoms with E-state index in [2.05, 4.69) is 4.99 Å². The van der Waals surface area contributed by atoms with E-state index in [0.29, 0.717) is 6.07 Å². The topological polar surface area (TPSA) is 75.7 Å². The second-order valence-electron chi connectivity index (χ2n) is 3.83. The molecule has 20 heavy (non-hydrogen) atoms. The van der Waals surface area contributed by atoms with E-state index in [9.17, 15) is 24.0 Å². The number of hydrogen-bond donors (Lipinski definition) is 1. The molecule has 0 saturated carbocycles. The third kappa shape index (κ3) is 2.77. The summed E-state index contributed by atoms with van der Waals surface area (Å²) in [7, 11) is 0. The van der Waals surface area contributed by atoms with Crippen LogP contribution in [0.15, 0.2) is 41.4 Å². The first-order valence-electron chi connectivity index (χ1n) is 5.44. The van der Waals surface area contributed by atoms with Gasteiger partial charge in [0.1, 0.15) is 5.82 Å². The highest BCUT2D eigenvalue weighted by atomic mass is 19.1. The number of nitrogens with zero attached hydrogens (tertiary/aromatic N) is 2. The van der Waals surface area contributed by atoms with E-state index in [1.807, 2.05) is 0 Å². The maximum Gasteiger partial charge on any atom is 0.311 e. The van der Waals surface area contributed by atoms with Crippen LogP contribution in [0, 0.1) is 21.7 Å². The van der Waals surface area contributed by atoms with E-state index in [-0.39, 0.29) is 11.3 Å². The van der Waals surface area contributed by atoms with Gasteiger partial charge >= 0.3 is 5.69 Å². The summed E-state index contributed by atoms with van der Waals surface area (Å²) in [5, 5.41) is 20.3. The monoisotopic (exact) mass is 278 g/mol. The van der Waals surface area contributed by atoms with Crippen LogP contribution in [0.1, 0.15) is 5.56 Å². The second kappa shape index (κ2) is 5.43. The maximum absolute atomic E-state index is 13.3. The highest BCUT2D eigenvalue weighted by Crippen LogP contribution is 2.28. The van der Waals surface area contributed by atoms with Gasteiger partial charge in [-0.1, -0.05) is 6.07 Å². The van der Waals surface area contributed by atoms with Crippen LogP contribution in [0.3, 0.4) is 0 Å². The van der Waals surface area contributed by atoms with Crippen LogP contribution in [-0.2, 0) is 0 Å². The van der Waals surface area contributed by atoms with Crippen molar-refractivity contribution < 1.29 is 18.8 Å². The van der Waals surface area contributed by atoms with Crippen LogP contribution < -0.4 is 0 Å². The van der Waals surface area contributed by atoms with Gasteiger partial charge in [0.15, 0.2) is 5.82 Å². The molecule has 102 valence electrons. The van der Waals surface area contributed by atoms with Crippen LogP contribution in [0.25, 0.3) is 0 Å². The van der Waals surface area contributed by atoms with E-state index in [1.54, 1.807) is 0 Å². The Balaban J connectivity index is 2.37. The van der Waals surface area contributed by atoms with E-state index in [0.717, 1.165) is 24.4 Å². The molecule has 0 unspecified atom stereocenters. The van der Waals surface area contributed by atoms with Crippen LogP contribution >= 0.6 is 0 Å². The fourth-order valence-electron chi connectivity index (χ4n) is 1.53. The van der Waals surface area contributed by atoms with Crippen molar-refractivity contribution in [3.63, 3.8) is 0 Å². The predicted molar refractivity (Wildman–Crippen MR) is 68.4 cm³/mol. The predicted octanol–water partition coefficient (Wildman–Crippen LogP) is 3.33. The molecule has 2 aromatic rings. The van der Waals surface area contributed by atoms with Gasteiger partial charge in [0.25, 0.3) is 0 Å². The van der Waals surface area contributed by atoms with E-state index in [1.165, 1.54) is 12.1 Å². The summed E-state index contributed by atoms with van der Waals surface area (Å²) in [5.74, 6) is -2.17. The first-order chi connectivity index (χ1) is 9.49. The minimum absolute atomic E-state index is 0.0583. The average molecular weight is 278 g/mol. The van der Waals surface area contributed by atoms with Crippen molar-refractivity contribution in [2.24, 2.45) is 4.99 Å². The van der Waals surface area contributed by atoms with Gasteiger partial charge in [-0.3, -0.25) is 15.1 Å². The molecule has 7 heteroatoms. The summed E-state index contributed by atoms with van der Waals surface area (Å²) in [6.07, 6.45) is 1.07. The average Bonchev–Trinajstić information content (AvgIpc) is 2.39. The van der Waals surface area contributed by atoms with Gasteiger partial charge in [0.05, 0.1) is 10.6 Å². The number of aromatic hydroxyl groups is 1. The lowest BCUT2D eigenvalue weighted by Gasteiger charge is -2.00. The van der Waals surface area contributed by atoms with E-state index < -0.39 is 28.0 Å².